The Hall–Kier alpha value is -2.87. The number of benzene rings is 1. The number of hydrogen-bond acceptors (Lipinski definition) is 4. The fourth-order valence-electron chi connectivity index (χ4n) is 4.16. The zero-order valence-electron chi connectivity index (χ0n) is 16.9. The maximum atomic E-state index is 14.1. The smallest absolute Gasteiger partial charge is 0.216 e. The lowest BCUT2D eigenvalue weighted by Gasteiger charge is -2.32. The molecule has 1 aliphatic heterocycles. The molecular formula is C22H25F2N5O. The van der Waals surface area contributed by atoms with Crippen molar-refractivity contribution in [3.05, 3.63) is 59.4 Å². The Labute approximate surface area is 173 Å². The van der Waals surface area contributed by atoms with Gasteiger partial charge in [-0.25, -0.2) is 18.4 Å². The third kappa shape index (κ3) is 4.33. The Balaban J connectivity index is 1.54. The Morgan fingerprint density at radius 2 is 2.13 bits per heavy atom. The van der Waals surface area contributed by atoms with E-state index in [0.29, 0.717) is 25.2 Å². The van der Waals surface area contributed by atoms with Gasteiger partial charge in [-0.2, -0.15) is 5.10 Å². The van der Waals surface area contributed by atoms with Gasteiger partial charge >= 0.3 is 0 Å². The predicted molar refractivity (Wildman–Crippen MR) is 110 cm³/mol. The normalized spacial score (nSPS) is 17.4. The van der Waals surface area contributed by atoms with Gasteiger partial charge in [0.25, 0.3) is 0 Å². The molecule has 3 heterocycles. The van der Waals surface area contributed by atoms with Crippen LogP contribution in [-0.2, 0) is 17.9 Å². The molecule has 0 bridgehead atoms. The highest BCUT2D eigenvalue weighted by atomic mass is 19.2. The molecule has 0 unspecified atom stereocenters. The van der Waals surface area contributed by atoms with Gasteiger partial charge in [-0.1, -0.05) is 12.1 Å². The van der Waals surface area contributed by atoms with E-state index in [0.717, 1.165) is 48.7 Å². The molecule has 1 N–H and O–H groups in total. The van der Waals surface area contributed by atoms with E-state index in [1.807, 2.05) is 16.8 Å². The largest absolute Gasteiger partial charge is 0.354 e. The second kappa shape index (κ2) is 8.87. The van der Waals surface area contributed by atoms with Gasteiger partial charge < -0.3 is 5.32 Å². The van der Waals surface area contributed by atoms with Crippen LogP contribution in [0.5, 0.6) is 0 Å². The zero-order chi connectivity index (χ0) is 21.1. The molecule has 158 valence electrons. The Morgan fingerprint density at radius 1 is 1.27 bits per heavy atom. The zero-order valence-corrected chi connectivity index (χ0v) is 16.9. The summed E-state index contributed by atoms with van der Waals surface area (Å²) < 4.78 is 29.5. The van der Waals surface area contributed by atoms with Gasteiger partial charge in [0.05, 0.1) is 12.2 Å². The van der Waals surface area contributed by atoms with Gasteiger partial charge in [0.15, 0.2) is 17.3 Å². The summed E-state index contributed by atoms with van der Waals surface area (Å²) in [4.78, 5) is 17.8. The first kappa shape index (κ1) is 20.4. The molecule has 0 saturated carbocycles. The first-order chi connectivity index (χ1) is 14.5. The first-order valence-corrected chi connectivity index (χ1v) is 10.2. The lowest BCUT2D eigenvalue weighted by Crippen LogP contribution is -2.34. The third-order valence-corrected chi connectivity index (χ3v) is 5.55. The van der Waals surface area contributed by atoms with Crippen molar-refractivity contribution < 1.29 is 13.6 Å². The monoisotopic (exact) mass is 413 g/mol. The highest BCUT2D eigenvalue weighted by Gasteiger charge is 2.27. The molecule has 1 aromatic carbocycles. The number of amides is 1. The molecule has 1 atom stereocenters. The summed E-state index contributed by atoms with van der Waals surface area (Å²) in [6.45, 7) is 4.45. The molecule has 3 aromatic rings. The van der Waals surface area contributed by atoms with Crippen molar-refractivity contribution in [3.8, 4) is 0 Å². The number of carbonyl (C=O) groups excluding carboxylic acids is 1. The van der Waals surface area contributed by atoms with Crippen molar-refractivity contribution in [2.45, 2.75) is 38.8 Å². The van der Waals surface area contributed by atoms with Crippen molar-refractivity contribution in [2.75, 3.05) is 19.6 Å². The van der Waals surface area contributed by atoms with Gasteiger partial charge in [-0.3, -0.25) is 9.69 Å². The minimum absolute atomic E-state index is 0.0767. The second-order valence-electron chi connectivity index (χ2n) is 7.75. The van der Waals surface area contributed by atoms with Crippen LogP contribution in [0.2, 0.25) is 0 Å². The number of hydrogen-bond donors (Lipinski definition) is 1. The molecule has 0 radical (unpaired) electrons. The minimum atomic E-state index is -0.809. The van der Waals surface area contributed by atoms with Crippen molar-refractivity contribution in [1.82, 2.24) is 25.0 Å². The van der Waals surface area contributed by atoms with Crippen molar-refractivity contribution in [3.63, 3.8) is 0 Å². The van der Waals surface area contributed by atoms with Gasteiger partial charge in [-0.15, -0.1) is 0 Å². The molecule has 1 amide bonds. The van der Waals surface area contributed by atoms with Crippen LogP contribution in [0.4, 0.5) is 8.78 Å². The number of piperidine rings is 1. The summed E-state index contributed by atoms with van der Waals surface area (Å²) in [5.41, 5.74) is 2.15. The predicted octanol–water partition coefficient (Wildman–Crippen LogP) is 3.23. The molecule has 1 saturated heterocycles. The average Bonchev–Trinajstić information content (AvgIpc) is 3.10. The molecular weight excluding hydrogens is 388 g/mol. The lowest BCUT2D eigenvalue weighted by atomic mass is 9.93. The number of halogens is 2. The van der Waals surface area contributed by atoms with Crippen LogP contribution in [-0.4, -0.2) is 45.2 Å². The lowest BCUT2D eigenvalue weighted by molar-refractivity contribution is -0.118. The fourth-order valence-corrected chi connectivity index (χ4v) is 4.16. The SMILES string of the molecule is CC(=O)NCCn1nc([C@@H]2CCCN(Cc3cccc(F)c3F)C2)c2cccnc21. The molecule has 1 aliphatic rings. The van der Waals surface area contributed by atoms with Gasteiger partial charge in [-0.05, 0) is 37.6 Å². The quantitative estimate of drug-likeness (QED) is 0.674. The van der Waals surface area contributed by atoms with Crippen LogP contribution in [0.1, 0.15) is 36.9 Å². The van der Waals surface area contributed by atoms with Crippen molar-refractivity contribution in [2.24, 2.45) is 0 Å². The number of likely N-dealkylation sites (tertiary alicyclic amines) is 1. The number of pyridine rings is 1. The fraction of sp³-hybridized carbons (Fsp3) is 0.409. The first-order valence-electron chi connectivity index (χ1n) is 10.2. The molecule has 2 aromatic heterocycles. The summed E-state index contributed by atoms with van der Waals surface area (Å²) in [6.07, 6.45) is 3.68. The maximum Gasteiger partial charge on any atom is 0.216 e. The van der Waals surface area contributed by atoms with Gasteiger partial charge in [0.2, 0.25) is 5.91 Å². The number of carbonyl (C=O) groups is 1. The summed E-state index contributed by atoms with van der Waals surface area (Å²) in [6, 6.07) is 8.24. The minimum Gasteiger partial charge on any atom is -0.354 e. The van der Waals surface area contributed by atoms with Crippen LogP contribution in [0.3, 0.4) is 0 Å². The van der Waals surface area contributed by atoms with E-state index < -0.39 is 11.6 Å². The van der Waals surface area contributed by atoms with Crippen LogP contribution in [0.15, 0.2) is 36.5 Å². The molecule has 0 spiro atoms. The van der Waals surface area contributed by atoms with E-state index in [-0.39, 0.29) is 11.8 Å². The number of fused-ring (bicyclic) bond motifs is 1. The van der Waals surface area contributed by atoms with E-state index in [9.17, 15) is 13.6 Å². The molecule has 30 heavy (non-hydrogen) atoms. The molecule has 1 fully saturated rings. The van der Waals surface area contributed by atoms with Crippen LogP contribution in [0, 0.1) is 11.6 Å². The van der Waals surface area contributed by atoms with E-state index >= 15 is 0 Å². The number of nitrogens with one attached hydrogen (secondary N) is 1. The Kier molecular flexibility index (Phi) is 6.03. The van der Waals surface area contributed by atoms with Crippen LogP contribution >= 0.6 is 0 Å². The Morgan fingerprint density at radius 3 is 2.97 bits per heavy atom. The average molecular weight is 413 g/mol. The maximum absolute atomic E-state index is 14.1. The third-order valence-electron chi connectivity index (χ3n) is 5.55. The van der Waals surface area contributed by atoms with E-state index in [1.54, 1.807) is 18.3 Å². The Bertz CT molecular complexity index is 1050. The number of aromatic nitrogens is 3. The highest BCUT2D eigenvalue weighted by molar-refractivity contribution is 5.79. The molecule has 0 aliphatic carbocycles. The number of nitrogens with zero attached hydrogens (tertiary/aromatic N) is 4. The molecule has 6 nitrogen and oxygen atoms in total. The van der Waals surface area contributed by atoms with Crippen molar-refractivity contribution >= 4 is 16.9 Å². The van der Waals surface area contributed by atoms with Crippen molar-refractivity contribution in [1.29, 1.82) is 0 Å². The summed E-state index contributed by atoms with van der Waals surface area (Å²) in [7, 11) is 0. The molecule has 8 heteroatoms. The van der Waals surface area contributed by atoms with E-state index in [1.165, 1.54) is 6.92 Å². The highest BCUT2D eigenvalue weighted by Crippen LogP contribution is 2.31. The van der Waals surface area contributed by atoms with Gasteiger partial charge in [0.1, 0.15) is 0 Å². The summed E-state index contributed by atoms with van der Waals surface area (Å²) in [5, 5.41) is 8.62. The second-order valence-corrected chi connectivity index (χ2v) is 7.75. The molecule has 4 rings (SSSR count). The standard InChI is InChI=1S/C22H25F2N5O/c1-15(30)25-10-12-29-22-18(7-3-9-26-22)21(27-29)17-6-4-11-28(14-17)13-16-5-2-8-19(23)20(16)24/h2-3,5,7-9,17H,4,6,10-14H2,1H3,(H,25,30)/t17-/m1/s1. The van der Waals surface area contributed by atoms with E-state index in [4.69, 9.17) is 5.10 Å². The summed E-state index contributed by atoms with van der Waals surface area (Å²) >= 11 is 0. The van der Waals surface area contributed by atoms with Gasteiger partial charge in [0, 0.05) is 49.6 Å². The topological polar surface area (TPSA) is 63.1 Å². The van der Waals surface area contributed by atoms with Crippen LogP contribution in [0.25, 0.3) is 11.0 Å². The van der Waals surface area contributed by atoms with E-state index in [2.05, 4.69) is 15.2 Å². The summed E-state index contributed by atoms with van der Waals surface area (Å²) in [5.74, 6) is -1.47. The van der Waals surface area contributed by atoms with Crippen LogP contribution < -0.4 is 5.32 Å². The number of rotatable bonds is 6.